The number of carbonyl (C=O) groups excluding carboxylic acids is 3. The van der Waals surface area contributed by atoms with Crippen LogP contribution in [-0.4, -0.2) is 69.9 Å². The molecule has 0 aromatic carbocycles. The molecule has 0 spiro atoms. The summed E-state index contributed by atoms with van der Waals surface area (Å²) in [5, 5.41) is 9.43. The third-order valence-corrected chi connectivity index (χ3v) is 16.1. The molecule has 0 radical (unpaired) electrons. The first kappa shape index (κ1) is 47.2. The summed E-state index contributed by atoms with van der Waals surface area (Å²) in [5.41, 5.74) is -4.98. The zero-order valence-electron chi connectivity index (χ0n) is 37.8. The van der Waals surface area contributed by atoms with E-state index in [-0.39, 0.29) is 68.1 Å². The van der Waals surface area contributed by atoms with E-state index in [9.17, 15) is 38.8 Å². The summed E-state index contributed by atoms with van der Waals surface area (Å²) in [6, 6.07) is -6.24. The lowest BCUT2D eigenvalue weighted by molar-refractivity contribution is 0.0471. The molecule has 5 aliphatic carbocycles. The Morgan fingerprint density at radius 2 is 0.708 bits per heavy atom. The van der Waals surface area contributed by atoms with E-state index in [0.717, 1.165) is 27.4 Å². The molecule has 7 rings (SSSR count). The monoisotopic (exact) mass is 900 g/mol. The van der Waals surface area contributed by atoms with Crippen molar-refractivity contribution in [2.24, 2.45) is 44.6 Å². The predicted octanol–water partition coefficient (Wildman–Crippen LogP) is 3.68. The summed E-state index contributed by atoms with van der Waals surface area (Å²) in [7, 11) is 0. The number of hydrogen-bond acceptors (Lipinski definition) is 14. The highest BCUT2D eigenvalue weighted by atomic mass is 16.5. The number of ether oxygens (including phenoxy) is 1. The lowest BCUT2D eigenvalue weighted by Crippen LogP contribution is -2.60. The molecule has 5 aliphatic rings. The first-order valence-electron chi connectivity index (χ1n) is 23.4. The lowest BCUT2D eigenvalue weighted by atomic mass is 9.82. The number of rotatable bonds is 10. The molecule has 0 saturated heterocycles. The number of hydrogen-bond donors (Lipinski definition) is 0. The second-order valence-electron chi connectivity index (χ2n) is 19.8. The van der Waals surface area contributed by atoms with Crippen LogP contribution in [0.15, 0.2) is 43.7 Å². The van der Waals surface area contributed by atoms with Crippen LogP contribution >= 0.6 is 0 Å². The Bertz CT molecular complexity index is 2610. The van der Waals surface area contributed by atoms with Crippen molar-refractivity contribution in [2.75, 3.05) is 0 Å². The Hall–Kier alpha value is -5.75. The van der Waals surface area contributed by atoms with Gasteiger partial charge in [0.1, 0.15) is 6.10 Å². The van der Waals surface area contributed by atoms with E-state index in [0.29, 0.717) is 57.8 Å². The van der Waals surface area contributed by atoms with Crippen molar-refractivity contribution in [3.8, 4) is 6.26 Å². The topological polar surface area (TPSA) is 253 Å². The highest BCUT2D eigenvalue weighted by Gasteiger charge is 2.42. The summed E-state index contributed by atoms with van der Waals surface area (Å²) in [6.45, 7) is 9.60. The fourth-order valence-electron chi connectivity index (χ4n) is 11.9. The van der Waals surface area contributed by atoms with Crippen LogP contribution in [0.5, 0.6) is 0 Å². The minimum atomic E-state index is -0.921. The Labute approximate surface area is 374 Å². The molecule has 20 nitrogen and oxygen atoms in total. The van der Waals surface area contributed by atoms with Crippen molar-refractivity contribution in [1.82, 2.24) is 27.4 Å². The normalized spacial score (nSPS) is 35.0. The largest absolute Gasteiger partial charge is 0.424 e. The van der Waals surface area contributed by atoms with Crippen LogP contribution in [0, 0.1) is 41.1 Å². The van der Waals surface area contributed by atoms with Crippen molar-refractivity contribution < 1.29 is 19.1 Å². The molecule has 2 aromatic rings. The van der Waals surface area contributed by atoms with Gasteiger partial charge in [0, 0.05) is 42.7 Å². The standard InChI is InChI=1S/C45H60N10O10/c1-25-6-11-30(16-35(25)47-22-56)50-40(59)53(43(62)54(41(50)60)34-15-10-29(5)39(20-34)65-21-46)33-14-9-28(4)38(19-33)55-44(63)51(31-12-7-26(2)36(17-31)48-23-57)42(61)52(45(55)64)32-13-8-27(3)37(18-32)49-24-58/h25-39H,6-20H2,1-5H3. The highest BCUT2D eigenvalue weighted by Crippen LogP contribution is 2.40. The predicted molar refractivity (Wildman–Crippen MR) is 234 cm³/mol. The molecular weight excluding hydrogens is 841 g/mol. The number of aromatic nitrogens is 6. The van der Waals surface area contributed by atoms with Crippen LogP contribution in [0.1, 0.15) is 167 Å². The van der Waals surface area contributed by atoms with Crippen LogP contribution in [0.4, 0.5) is 0 Å². The van der Waals surface area contributed by atoms with Gasteiger partial charge in [0.05, 0.1) is 18.1 Å². The average molecular weight is 901 g/mol. The van der Waals surface area contributed by atoms with Crippen molar-refractivity contribution in [3.05, 3.63) is 62.9 Å². The molecule has 0 bridgehead atoms. The summed E-state index contributed by atoms with van der Waals surface area (Å²) in [6.07, 6.45) is 11.1. The van der Waals surface area contributed by atoms with Crippen LogP contribution < -0.4 is 34.1 Å². The molecule has 15 unspecified atom stereocenters. The fourth-order valence-corrected chi connectivity index (χ4v) is 11.9. The van der Waals surface area contributed by atoms with Crippen molar-refractivity contribution >= 4 is 18.2 Å². The van der Waals surface area contributed by atoms with Gasteiger partial charge in [-0.25, -0.2) is 85.5 Å². The van der Waals surface area contributed by atoms with E-state index >= 15 is 9.59 Å². The maximum absolute atomic E-state index is 15.0. The minimum Gasteiger partial charge on any atom is -0.424 e. The molecule has 350 valence electrons. The highest BCUT2D eigenvalue weighted by molar-refractivity contribution is 5.34. The van der Waals surface area contributed by atoms with Crippen LogP contribution in [0.2, 0.25) is 0 Å². The number of aliphatic imine (C=N–C) groups is 3. The lowest BCUT2D eigenvalue weighted by Gasteiger charge is -2.39. The maximum Gasteiger partial charge on any atom is 0.336 e. The van der Waals surface area contributed by atoms with Gasteiger partial charge in [-0.3, -0.25) is 0 Å². The van der Waals surface area contributed by atoms with Crippen LogP contribution in [-0.2, 0) is 19.1 Å². The molecule has 65 heavy (non-hydrogen) atoms. The van der Waals surface area contributed by atoms with Gasteiger partial charge in [-0.05, 0) is 119 Å². The van der Waals surface area contributed by atoms with Gasteiger partial charge >= 0.3 is 34.1 Å². The molecular formula is C45H60N10O10. The second kappa shape index (κ2) is 19.8. The third-order valence-electron chi connectivity index (χ3n) is 16.1. The molecule has 15 atom stereocenters. The fraction of sp³-hybridized carbons (Fsp3) is 0.778. The Morgan fingerprint density at radius 3 is 1.05 bits per heavy atom. The van der Waals surface area contributed by atoms with E-state index in [1.165, 1.54) is 0 Å². The molecule has 5 saturated carbocycles. The average Bonchev–Trinajstić information content (AvgIpc) is 3.26. The van der Waals surface area contributed by atoms with Crippen LogP contribution in [0.3, 0.4) is 0 Å². The molecule has 20 heteroatoms. The van der Waals surface area contributed by atoms with E-state index in [1.54, 1.807) is 24.5 Å². The molecule has 0 amide bonds. The van der Waals surface area contributed by atoms with Crippen molar-refractivity contribution in [3.63, 3.8) is 0 Å². The van der Waals surface area contributed by atoms with E-state index in [1.807, 2.05) is 34.6 Å². The number of nitriles is 1. The zero-order valence-corrected chi connectivity index (χ0v) is 37.8. The zero-order chi connectivity index (χ0) is 46.9. The maximum atomic E-state index is 15.0. The van der Waals surface area contributed by atoms with E-state index in [2.05, 4.69) is 15.0 Å². The first-order chi connectivity index (χ1) is 31.1. The van der Waals surface area contributed by atoms with Gasteiger partial charge in [0.15, 0.2) is 0 Å². The number of isocyanates is 3. The quantitative estimate of drug-likeness (QED) is 0.189. The second-order valence-corrected chi connectivity index (χ2v) is 19.8. The Morgan fingerprint density at radius 1 is 0.415 bits per heavy atom. The summed E-state index contributed by atoms with van der Waals surface area (Å²) in [5.74, 6) is -0.462. The SMILES string of the molecule is CC1CCC(n2c(=O)n(C3CCC(C)C(OC#N)C3)c(=O)n(C3CCC(C)C(n4c(=O)n(C5CCC(C)C(N=C=O)C5)c(=O)n(C5CCC(C)C(N=C=O)C5)c4=O)C3)c2=O)CC1N=C=O. The van der Waals surface area contributed by atoms with Gasteiger partial charge in [-0.2, -0.15) is 5.26 Å². The first-order valence-corrected chi connectivity index (χ1v) is 23.4. The van der Waals surface area contributed by atoms with E-state index < -0.39 is 94.6 Å². The molecule has 2 aromatic heterocycles. The molecule has 0 aliphatic heterocycles. The third kappa shape index (κ3) is 8.98. The van der Waals surface area contributed by atoms with Gasteiger partial charge in [-0.15, -0.1) is 0 Å². The van der Waals surface area contributed by atoms with Crippen LogP contribution in [0.25, 0.3) is 0 Å². The molecule has 5 fully saturated rings. The van der Waals surface area contributed by atoms with Gasteiger partial charge in [0.25, 0.3) is 6.26 Å². The smallest absolute Gasteiger partial charge is 0.336 e. The Kier molecular flexibility index (Phi) is 14.4. The Balaban J connectivity index is 1.39. The summed E-state index contributed by atoms with van der Waals surface area (Å²) < 4.78 is 12.0. The van der Waals surface area contributed by atoms with Gasteiger partial charge < -0.3 is 4.74 Å². The summed E-state index contributed by atoms with van der Waals surface area (Å²) >= 11 is 0. The summed E-state index contributed by atoms with van der Waals surface area (Å²) in [4.78, 5) is 136. The molecule has 2 heterocycles. The van der Waals surface area contributed by atoms with Crippen molar-refractivity contribution in [2.45, 2.75) is 191 Å². The van der Waals surface area contributed by atoms with Gasteiger partial charge in [-0.1, -0.05) is 34.6 Å². The number of nitrogens with zero attached hydrogens (tertiary/aromatic N) is 10. The molecule has 0 N–H and O–H groups in total. The van der Waals surface area contributed by atoms with Crippen molar-refractivity contribution in [1.29, 1.82) is 5.26 Å². The van der Waals surface area contributed by atoms with E-state index in [4.69, 9.17) is 4.74 Å². The minimum absolute atomic E-state index is 0.0206. The van der Waals surface area contributed by atoms with Gasteiger partial charge in [0.2, 0.25) is 18.2 Å².